The van der Waals surface area contributed by atoms with Crippen molar-refractivity contribution in [3.63, 3.8) is 0 Å². The number of hydrogen-bond acceptors (Lipinski definition) is 3. The third-order valence-corrected chi connectivity index (χ3v) is 3.75. The van der Waals surface area contributed by atoms with Crippen LogP contribution in [0.15, 0.2) is 18.2 Å². The van der Waals surface area contributed by atoms with Crippen molar-refractivity contribution in [2.24, 2.45) is 0 Å². The molecule has 120 valence electrons. The van der Waals surface area contributed by atoms with Crippen molar-refractivity contribution in [1.82, 2.24) is 5.32 Å². The molecule has 1 aromatic rings. The Labute approximate surface area is 126 Å². The molecule has 0 saturated heterocycles. The quantitative estimate of drug-likeness (QED) is 0.744. The highest BCUT2D eigenvalue weighted by molar-refractivity contribution is 6.39. The smallest absolute Gasteiger partial charge is 0.313 e. The van der Waals surface area contributed by atoms with E-state index in [-0.39, 0.29) is 12.2 Å². The number of anilines is 1. The maximum atomic E-state index is 13.4. The number of amides is 2. The van der Waals surface area contributed by atoms with Gasteiger partial charge in [-0.2, -0.15) is 0 Å². The predicted octanol–water partition coefficient (Wildman–Crippen LogP) is 1.71. The van der Waals surface area contributed by atoms with Crippen LogP contribution in [-0.4, -0.2) is 29.1 Å². The van der Waals surface area contributed by atoms with Gasteiger partial charge >= 0.3 is 11.8 Å². The van der Waals surface area contributed by atoms with Crippen molar-refractivity contribution < 1.29 is 23.5 Å². The van der Waals surface area contributed by atoms with Crippen molar-refractivity contribution in [2.45, 2.75) is 37.7 Å². The average Bonchev–Trinajstić information content (AvgIpc) is 2.48. The van der Waals surface area contributed by atoms with E-state index >= 15 is 0 Å². The lowest BCUT2D eigenvalue weighted by Crippen LogP contribution is -2.47. The first-order valence-electron chi connectivity index (χ1n) is 7.16. The fraction of sp³-hybridized carbons (Fsp3) is 0.467. The monoisotopic (exact) mass is 312 g/mol. The van der Waals surface area contributed by atoms with E-state index in [1.807, 2.05) is 0 Å². The molecule has 0 heterocycles. The summed E-state index contributed by atoms with van der Waals surface area (Å²) in [7, 11) is 0. The Morgan fingerprint density at radius 2 is 1.82 bits per heavy atom. The Balaban J connectivity index is 1.88. The highest BCUT2D eigenvalue weighted by Gasteiger charge is 2.30. The highest BCUT2D eigenvalue weighted by Crippen LogP contribution is 2.27. The lowest BCUT2D eigenvalue weighted by molar-refractivity contribution is -0.137. The molecule has 0 unspecified atom stereocenters. The summed E-state index contributed by atoms with van der Waals surface area (Å²) >= 11 is 0. The number of carbonyl (C=O) groups excluding carboxylic acids is 2. The van der Waals surface area contributed by atoms with Crippen LogP contribution in [0.2, 0.25) is 0 Å². The number of nitrogens with one attached hydrogen (secondary N) is 2. The molecule has 5 nitrogen and oxygen atoms in total. The largest absolute Gasteiger partial charge is 0.388 e. The van der Waals surface area contributed by atoms with Crippen LogP contribution in [0.4, 0.5) is 14.5 Å². The summed E-state index contributed by atoms with van der Waals surface area (Å²) in [6, 6.07) is 2.62. The minimum atomic E-state index is -1.06. The molecule has 1 aliphatic rings. The molecule has 7 heteroatoms. The van der Waals surface area contributed by atoms with Crippen LogP contribution in [-0.2, 0) is 9.59 Å². The molecule has 0 atom stereocenters. The Morgan fingerprint density at radius 1 is 1.14 bits per heavy atom. The Bertz CT molecular complexity index is 572. The lowest BCUT2D eigenvalue weighted by Gasteiger charge is -2.31. The molecular weight excluding hydrogens is 294 g/mol. The molecule has 3 N–H and O–H groups in total. The van der Waals surface area contributed by atoms with Crippen LogP contribution >= 0.6 is 0 Å². The second kappa shape index (κ2) is 6.83. The molecule has 0 spiro atoms. The molecule has 0 aliphatic heterocycles. The van der Waals surface area contributed by atoms with Gasteiger partial charge in [0.15, 0.2) is 0 Å². The first-order valence-corrected chi connectivity index (χ1v) is 7.16. The summed E-state index contributed by atoms with van der Waals surface area (Å²) in [6.07, 6.45) is 3.93. The summed E-state index contributed by atoms with van der Waals surface area (Å²) in [5.74, 6) is -3.78. The van der Waals surface area contributed by atoms with Gasteiger partial charge in [0, 0.05) is 12.6 Å². The minimum absolute atomic E-state index is 0.0227. The SMILES string of the molecule is O=C(NCC1(O)CCCCC1)C(=O)Nc1ccc(F)cc1F. The fourth-order valence-electron chi connectivity index (χ4n) is 2.48. The zero-order chi connectivity index (χ0) is 16.2. The van der Waals surface area contributed by atoms with Gasteiger partial charge in [0.1, 0.15) is 11.6 Å². The van der Waals surface area contributed by atoms with Gasteiger partial charge in [0.2, 0.25) is 0 Å². The Kier molecular flexibility index (Phi) is 5.07. The molecule has 1 aliphatic carbocycles. The van der Waals surface area contributed by atoms with Gasteiger partial charge in [-0.15, -0.1) is 0 Å². The molecule has 0 radical (unpaired) electrons. The Hall–Kier alpha value is -2.02. The molecule has 1 aromatic carbocycles. The van der Waals surface area contributed by atoms with Crippen molar-refractivity contribution in [2.75, 3.05) is 11.9 Å². The molecule has 2 amide bonds. The maximum Gasteiger partial charge on any atom is 0.313 e. The second-order valence-corrected chi connectivity index (χ2v) is 5.55. The molecule has 22 heavy (non-hydrogen) atoms. The zero-order valence-corrected chi connectivity index (χ0v) is 12.0. The van der Waals surface area contributed by atoms with Crippen LogP contribution < -0.4 is 10.6 Å². The molecular formula is C15H18F2N2O3. The van der Waals surface area contributed by atoms with E-state index in [9.17, 15) is 23.5 Å². The van der Waals surface area contributed by atoms with Crippen LogP contribution in [0.3, 0.4) is 0 Å². The molecule has 0 bridgehead atoms. The van der Waals surface area contributed by atoms with E-state index in [1.54, 1.807) is 0 Å². The lowest BCUT2D eigenvalue weighted by atomic mass is 9.85. The molecule has 1 fully saturated rings. The number of rotatable bonds is 3. The van der Waals surface area contributed by atoms with Gasteiger partial charge in [0.25, 0.3) is 0 Å². The highest BCUT2D eigenvalue weighted by atomic mass is 19.1. The summed E-state index contributed by atoms with van der Waals surface area (Å²) in [5, 5.41) is 14.6. The number of benzene rings is 1. The van der Waals surface area contributed by atoms with E-state index < -0.39 is 29.0 Å². The van der Waals surface area contributed by atoms with Crippen LogP contribution in [0.5, 0.6) is 0 Å². The van der Waals surface area contributed by atoms with Gasteiger partial charge in [0.05, 0.1) is 11.3 Å². The van der Waals surface area contributed by atoms with E-state index in [2.05, 4.69) is 10.6 Å². The summed E-state index contributed by atoms with van der Waals surface area (Å²) in [5.41, 5.74) is -1.27. The zero-order valence-electron chi connectivity index (χ0n) is 12.0. The summed E-state index contributed by atoms with van der Waals surface area (Å²) < 4.78 is 26.1. The number of halogens is 2. The number of hydrogen-bond donors (Lipinski definition) is 3. The standard InChI is InChI=1S/C15H18F2N2O3/c16-10-4-5-12(11(17)8-10)19-14(21)13(20)18-9-15(22)6-2-1-3-7-15/h4-5,8,22H,1-3,6-7,9H2,(H,18,20)(H,19,21). The van der Waals surface area contributed by atoms with Crippen molar-refractivity contribution in [3.8, 4) is 0 Å². The fourth-order valence-corrected chi connectivity index (χ4v) is 2.48. The molecule has 1 saturated carbocycles. The Morgan fingerprint density at radius 3 is 2.45 bits per heavy atom. The first kappa shape index (κ1) is 16.4. The van der Waals surface area contributed by atoms with Crippen molar-refractivity contribution >= 4 is 17.5 Å². The van der Waals surface area contributed by atoms with Crippen LogP contribution in [0.1, 0.15) is 32.1 Å². The third kappa shape index (κ3) is 4.24. The topological polar surface area (TPSA) is 78.4 Å². The van der Waals surface area contributed by atoms with Crippen LogP contribution in [0.25, 0.3) is 0 Å². The van der Waals surface area contributed by atoms with Gasteiger partial charge in [-0.1, -0.05) is 19.3 Å². The van der Waals surface area contributed by atoms with Gasteiger partial charge in [-0.3, -0.25) is 9.59 Å². The molecule has 0 aromatic heterocycles. The number of carbonyl (C=O) groups is 2. The summed E-state index contributed by atoms with van der Waals surface area (Å²) in [6.45, 7) is -0.0227. The van der Waals surface area contributed by atoms with E-state index in [4.69, 9.17) is 0 Å². The van der Waals surface area contributed by atoms with Crippen molar-refractivity contribution in [3.05, 3.63) is 29.8 Å². The maximum absolute atomic E-state index is 13.4. The minimum Gasteiger partial charge on any atom is -0.388 e. The van der Waals surface area contributed by atoms with Gasteiger partial charge in [-0.25, -0.2) is 8.78 Å². The molecule has 2 rings (SSSR count). The average molecular weight is 312 g/mol. The summed E-state index contributed by atoms with van der Waals surface area (Å²) in [4.78, 5) is 23.3. The normalized spacial score (nSPS) is 16.9. The van der Waals surface area contributed by atoms with Crippen molar-refractivity contribution in [1.29, 1.82) is 0 Å². The van der Waals surface area contributed by atoms with E-state index in [0.717, 1.165) is 31.4 Å². The van der Waals surface area contributed by atoms with Gasteiger partial charge < -0.3 is 15.7 Å². The van der Waals surface area contributed by atoms with Crippen LogP contribution in [0, 0.1) is 11.6 Å². The third-order valence-electron chi connectivity index (χ3n) is 3.75. The second-order valence-electron chi connectivity index (χ2n) is 5.55. The van der Waals surface area contributed by atoms with Gasteiger partial charge in [-0.05, 0) is 25.0 Å². The first-order chi connectivity index (χ1) is 10.4. The van der Waals surface area contributed by atoms with E-state index in [0.29, 0.717) is 18.9 Å². The predicted molar refractivity (Wildman–Crippen MR) is 76.0 cm³/mol. The van der Waals surface area contributed by atoms with E-state index in [1.165, 1.54) is 0 Å². The number of aliphatic hydroxyl groups is 1.